The van der Waals surface area contributed by atoms with Crippen molar-refractivity contribution in [3.63, 3.8) is 0 Å². The number of nitriles is 1. The summed E-state index contributed by atoms with van der Waals surface area (Å²) in [6.07, 6.45) is 2.34. The van der Waals surface area contributed by atoms with Gasteiger partial charge in [-0.25, -0.2) is 4.98 Å². The van der Waals surface area contributed by atoms with E-state index < -0.39 is 0 Å². The van der Waals surface area contributed by atoms with E-state index in [1.54, 1.807) is 4.52 Å². The first-order valence-corrected chi connectivity index (χ1v) is 8.74. The van der Waals surface area contributed by atoms with Crippen molar-refractivity contribution in [2.24, 2.45) is 0 Å². The lowest BCUT2D eigenvalue weighted by Crippen LogP contribution is -2.15. The van der Waals surface area contributed by atoms with E-state index in [1.807, 2.05) is 61.6 Å². The van der Waals surface area contributed by atoms with Crippen LogP contribution >= 0.6 is 0 Å². The molecule has 6 heteroatoms. The van der Waals surface area contributed by atoms with Crippen LogP contribution in [0.3, 0.4) is 0 Å². The molecule has 0 saturated heterocycles. The van der Waals surface area contributed by atoms with Crippen molar-refractivity contribution in [3.05, 3.63) is 72.2 Å². The largest absolute Gasteiger partial charge is 0.329 e. The lowest BCUT2D eigenvalue weighted by Gasteiger charge is -2.21. The summed E-state index contributed by atoms with van der Waals surface area (Å²) in [4.78, 5) is 10.8. The number of hydrogen-bond donors (Lipinski definition) is 0. The highest BCUT2D eigenvalue weighted by atomic mass is 15.4. The molecule has 0 bridgehead atoms. The summed E-state index contributed by atoms with van der Waals surface area (Å²) in [6, 6.07) is 20.0. The quantitative estimate of drug-likeness (QED) is 0.554. The van der Waals surface area contributed by atoms with Crippen LogP contribution in [-0.2, 0) is 6.42 Å². The number of rotatable bonds is 4. The topological polar surface area (TPSA) is 70.1 Å². The molecule has 0 aliphatic rings. The van der Waals surface area contributed by atoms with E-state index in [4.69, 9.17) is 0 Å². The third-order valence-corrected chi connectivity index (χ3v) is 4.61. The Morgan fingerprint density at radius 1 is 1.11 bits per heavy atom. The molecular formula is C21H18N6. The number of fused-ring (bicyclic) bond motifs is 1. The van der Waals surface area contributed by atoms with Crippen LogP contribution in [0.1, 0.15) is 18.2 Å². The summed E-state index contributed by atoms with van der Waals surface area (Å²) < 4.78 is 1.73. The molecule has 0 N–H and O–H groups in total. The molecule has 132 valence electrons. The smallest absolute Gasteiger partial charge is 0.254 e. The van der Waals surface area contributed by atoms with Crippen LogP contribution in [0.25, 0.3) is 16.9 Å². The predicted molar refractivity (Wildman–Crippen MR) is 105 cm³/mol. The maximum atomic E-state index is 9.32. The van der Waals surface area contributed by atoms with Crippen LogP contribution in [0.2, 0.25) is 0 Å². The second-order valence-corrected chi connectivity index (χ2v) is 6.19. The minimum absolute atomic E-state index is 0.593. The number of anilines is 2. The van der Waals surface area contributed by atoms with Gasteiger partial charge in [0, 0.05) is 24.5 Å². The molecule has 4 aromatic rings. The highest BCUT2D eigenvalue weighted by Gasteiger charge is 2.13. The summed E-state index contributed by atoms with van der Waals surface area (Å²) in [5.41, 5.74) is 4.60. The van der Waals surface area contributed by atoms with Gasteiger partial charge in [0.05, 0.1) is 11.6 Å². The molecule has 27 heavy (non-hydrogen) atoms. The van der Waals surface area contributed by atoms with Crippen molar-refractivity contribution >= 4 is 17.3 Å². The van der Waals surface area contributed by atoms with Crippen LogP contribution in [-0.4, -0.2) is 26.6 Å². The molecule has 2 heterocycles. The van der Waals surface area contributed by atoms with Gasteiger partial charge in [0.15, 0.2) is 0 Å². The first-order chi connectivity index (χ1) is 13.2. The molecule has 0 aliphatic heterocycles. The van der Waals surface area contributed by atoms with Gasteiger partial charge in [0.25, 0.3) is 5.78 Å². The zero-order chi connectivity index (χ0) is 18.8. The summed E-state index contributed by atoms with van der Waals surface area (Å²) in [6.45, 7) is 2.07. The summed E-state index contributed by atoms with van der Waals surface area (Å²) >= 11 is 0. The Morgan fingerprint density at radius 3 is 2.63 bits per heavy atom. The molecule has 0 radical (unpaired) electrons. The van der Waals surface area contributed by atoms with E-state index in [0.717, 1.165) is 34.7 Å². The average molecular weight is 354 g/mol. The van der Waals surface area contributed by atoms with Crippen LogP contribution in [0.4, 0.5) is 11.5 Å². The van der Waals surface area contributed by atoms with Gasteiger partial charge in [0.1, 0.15) is 12.1 Å². The van der Waals surface area contributed by atoms with Crippen LogP contribution in [0, 0.1) is 11.3 Å². The van der Waals surface area contributed by atoms with E-state index in [9.17, 15) is 5.26 Å². The molecule has 0 fully saturated rings. The molecule has 0 amide bonds. The molecule has 0 spiro atoms. The van der Waals surface area contributed by atoms with Gasteiger partial charge < -0.3 is 4.90 Å². The number of hydrogen-bond acceptors (Lipinski definition) is 5. The molecule has 0 saturated carbocycles. The summed E-state index contributed by atoms with van der Waals surface area (Å²) in [5.74, 6) is 1.50. The normalized spacial score (nSPS) is 10.7. The van der Waals surface area contributed by atoms with Crippen molar-refractivity contribution < 1.29 is 0 Å². The highest BCUT2D eigenvalue weighted by Crippen LogP contribution is 2.29. The predicted octanol–water partition coefficient (Wildman–Crippen LogP) is 3.99. The molecule has 0 unspecified atom stereocenters. The number of nitrogens with zero attached hydrogens (tertiary/aromatic N) is 6. The minimum atomic E-state index is 0.593. The van der Waals surface area contributed by atoms with Crippen LogP contribution in [0.15, 0.2) is 60.9 Å². The van der Waals surface area contributed by atoms with Gasteiger partial charge >= 0.3 is 0 Å². The zero-order valence-corrected chi connectivity index (χ0v) is 15.2. The molecule has 2 aromatic carbocycles. The number of aromatic nitrogens is 4. The standard InChI is InChI=1S/C21H18N6/c1-3-17-12-20(27-21(25-17)23-14-24-27)26(2)18-10-8-15(9-11-18)19-7-5-4-6-16(19)13-22/h4-12,14H,3H2,1-2H3. The van der Waals surface area contributed by atoms with Crippen molar-refractivity contribution in [1.29, 1.82) is 5.26 Å². The molecule has 0 atom stereocenters. The zero-order valence-electron chi connectivity index (χ0n) is 15.2. The van der Waals surface area contributed by atoms with Crippen LogP contribution in [0.5, 0.6) is 0 Å². The fourth-order valence-corrected chi connectivity index (χ4v) is 3.09. The monoisotopic (exact) mass is 354 g/mol. The van der Waals surface area contributed by atoms with Gasteiger partial charge in [-0.15, -0.1) is 0 Å². The molecule has 4 rings (SSSR count). The van der Waals surface area contributed by atoms with Gasteiger partial charge in [0.2, 0.25) is 0 Å². The van der Waals surface area contributed by atoms with Crippen molar-refractivity contribution in [3.8, 4) is 17.2 Å². The van der Waals surface area contributed by atoms with Crippen molar-refractivity contribution in [2.45, 2.75) is 13.3 Å². The van der Waals surface area contributed by atoms with Gasteiger partial charge in [-0.2, -0.15) is 19.9 Å². The van der Waals surface area contributed by atoms with Crippen LogP contribution < -0.4 is 4.90 Å². The van der Waals surface area contributed by atoms with Gasteiger partial charge in [-0.3, -0.25) is 0 Å². The third-order valence-electron chi connectivity index (χ3n) is 4.61. The molecular weight excluding hydrogens is 336 g/mol. The Hall–Kier alpha value is -3.72. The van der Waals surface area contributed by atoms with E-state index in [0.29, 0.717) is 11.3 Å². The minimum Gasteiger partial charge on any atom is -0.329 e. The maximum Gasteiger partial charge on any atom is 0.254 e. The number of benzene rings is 2. The Morgan fingerprint density at radius 2 is 1.89 bits per heavy atom. The summed E-state index contributed by atoms with van der Waals surface area (Å²) in [7, 11) is 1.99. The number of aryl methyl sites for hydroxylation is 1. The Kier molecular flexibility index (Phi) is 4.27. The molecule has 2 aromatic heterocycles. The molecule has 0 aliphatic carbocycles. The van der Waals surface area contributed by atoms with Crippen molar-refractivity contribution in [1.82, 2.24) is 19.6 Å². The van der Waals surface area contributed by atoms with Crippen molar-refractivity contribution in [2.75, 3.05) is 11.9 Å². The van der Waals surface area contributed by atoms with Gasteiger partial charge in [-0.1, -0.05) is 37.3 Å². The Labute approximate surface area is 157 Å². The Bertz CT molecular complexity index is 1140. The average Bonchev–Trinajstić information content (AvgIpc) is 3.21. The highest BCUT2D eigenvalue weighted by molar-refractivity contribution is 5.73. The lowest BCUT2D eigenvalue weighted by molar-refractivity contribution is 0.889. The first-order valence-electron chi connectivity index (χ1n) is 8.74. The van der Waals surface area contributed by atoms with E-state index in [-0.39, 0.29) is 0 Å². The van der Waals surface area contributed by atoms with E-state index >= 15 is 0 Å². The van der Waals surface area contributed by atoms with E-state index in [1.165, 1.54) is 6.33 Å². The maximum absolute atomic E-state index is 9.32. The fourth-order valence-electron chi connectivity index (χ4n) is 3.09. The summed E-state index contributed by atoms with van der Waals surface area (Å²) in [5, 5.41) is 13.6. The second-order valence-electron chi connectivity index (χ2n) is 6.19. The molecule has 6 nitrogen and oxygen atoms in total. The Balaban J connectivity index is 1.73. The van der Waals surface area contributed by atoms with E-state index in [2.05, 4.69) is 33.0 Å². The lowest BCUT2D eigenvalue weighted by atomic mass is 10.0. The van der Waals surface area contributed by atoms with Gasteiger partial charge in [-0.05, 0) is 35.7 Å². The first kappa shape index (κ1) is 16.7. The fraction of sp³-hybridized carbons (Fsp3) is 0.143. The SMILES string of the molecule is CCc1cc(N(C)c2ccc(-c3ccccc3C#N)cc2)n2ncnc2n1. The third kappa shape index (κ3) is 3.00. The second kappa shape index (κ2) is 6.89.